The van der Waals surface area contributed by atoms with E-state index >= 15 is 0 Å². The first-order valence-electron chi connectivity index (χ1n) is 0.954. The molecule has 0 saturated carbocycles. The van der Waals surface area contributed by atoms with Crippen molar-refractivity contribution < 1.29 is 70.2 Å². The Bertz CT molecular complexity index is 50.9. The van der Waals surface area contributed by atoms with E-state index < -0.39 is 0 Å². The molecule has 0 N–H and O–H groups in total. The van der Waals surface area contributed by atoms with Crippen LogP contribution in [-0.2, 0) is 70.2 Å². The molecule has 0 aromatic rings. The molecule has 0 fully saturated rings. The molecular formula is C3H3GeOY2-. The van der Waals surface area contributed by atoms with Crippen molar-refractivity contribution in [2.75, 3.05) is 0 Å². The van der Waals surface area contributed by atoms with Crippen LogP contribution in [0.5, 0.6) is 0 Å². The molecule has 0 aliphatic carbocycles. The number of hydrogen-bond donors (Lipinski definition) is 0. The SMILES string of the molecule is C[C-]=C=O.[Ge].[Y].[Y]. The summed E-state index contributed by atoms with van der Waals surface area (Å²) in [5.41, 5.74) is 0. The van der Waals surface area contributed by atoms with Crippen molar-refractivity contribution in [3.63, 3.8) is 0 Å². The van der Waals surface area contributed by atoms with Gasteiger partial charge in [-0.05, 0) is 0 Å². The third-order valence-electron chi connectivity index (χ3n) is 0.102. The van der Waals surface area contributed by atoms with Crippen LogP contribution in [0.2, 0.25) is 0 Å². The van der Waals surface area contributed by atoms with Crippen molar-refractivity contribution in [2.45, 2.75) is 6.92 Å². The Hall–Kier alpha value is 2.20. The summed E-state index contributed by atoms with van der Waals surface area (Å²) in [6.45, 7) is 1.51. The van der Waals surface area contributed by atoms with Crippen LogP contribution in [0.4, 0.5) is 0 Å². The van der Waals surface area contributed by atoms with Crippen molar-refractivity contribution in [1.29, 1.82) is 0 Å². The molecule has 7 heavy (non-hydrogen) atoms. The molecule has 0 bridgehead atoms. The molecule has 0 unspecified atom stereocenters. The van der Waals surface area contributed by atoms with Crippen LogP contribution in [0.3, 0.4) is 0 Å². The van der Waals surface area contributed by atoms with Gasteiger partial charge < -0.3 is 6.08 Å². The fourth-order valence-electron chi connectivity index (χ4n) is 0. The Morgan fingerprint density at radius 1 is 1.43 bits per heavy atom. The molecule has 0 aliphatic rings. The fraction of sp³-hybridized carbons (Fsp3) is 0.333. The van der Waals surface area contributed by atoms with Crippen LogP contribution in [-0.4, -0.2) is 23.5 Å². The van der Waals surface area contributed by atoms with E-state index in [4.69, 9.17) is 4.79 Å². The molecule has 0 saturated heterocycles. The summed E-state index contributed by atoms with van der Waals surface area (Å²) < 4.78 is 0. The van der Waals surface area contributed by atoms with E-state index in [1.165, 1.54) is 12.9 Å². The molecule has 0 amide bonds. The first-order chi connectivity index (χ1) is 1.91. The molecule has 1 nitrogen and oxygen atoms in total. The van der Waals surface area contributed by atoms with Gasteiger partial charge in [-0.2, -0.15) is 6.92 Å². The van der Waals surface area contributed by atoms with Gasteiger partial charge in [0.15, 0.2) is 0 Å². The van der Waals surface area contributed by atoms with Crippen molar-refractivity contribution in [3.8, 4) is 0 Å². The zero-order chi connectivity index (χ0) is 3.41. The summed E-state index contributed by atoms with van der Waals surface area (Å²) in [7, 11) is 0. The standard InChI is InChI=1S/C3H3O.Ge.2Y/c1-2-3-4;;;/h1H3;;;/q-1;;;. The van der Waals surface area contributed by atoms with Gasteiger partial charge in [0.2, 0.25) is 0 Å². The minimum atomic E-state index is 0. The van der Waals surface area contributed by atoms with Crippen LogP contribution in [0.15, 0.2) is 0 Å². The smallest absolute Gasteiger partial charge is 0 e. The minimum absolute atomic E-state index is 0. The Morgan fingerprint density at radius 2 is 1.57 bits per heavy atom. The topological polar surface area (TPSA) is 17.1 Å². The van der Waals surface area contributed by atoms with Crippen molar-refractivity contribution >= 4 is 23.5 Å². The predicted octanol–water partition coefficient (Wildman–Crippen LogP) is -0.189. The second-order valence-corrected chi connectivity index (χ2v) is 0.352. The summed E-state index contributed by atoms with van der Waals surface area (Å²) >= 11 is 0. The van der Waals surface area contributed by atoms with E-state index in [2.05, 4.69) is 6.08 Å². The van der Waals surface area contributed by atoms with Gasteiger partial charge in [0, 0.05) is 83.0 Å². The van der Waals surface area contributed by atoms with Crippen LogP contribution < -0.4 is 0 Å². The van der Waals surface area contributed by atoms with Crippen LogP contribution in [0.25, 0.3) is 0 Å². The summed E-state index contributed by atoms with van der Waals surface area (Å²) in [5.74, 6) is 1.43. The first kappa shape index (κ1) is 22.9. The van der Waals surface area contributed by atoms with E-state index in [1.54, 1.807) is 0 Å². The molecule has 0 atom stereocenters. The molecule has 0 rings (SSSR count). The van der Waals surface area contributed by atoms with Crippen molar-refractivity contribution in [3.05, 3.63) is 6.08 Å². The number of hydrogen-bond acceptors (Lipinski definition) is 1. The van der Waals surface area contributed by atoms with Crippen molar-refractivity contribution in [1.82, 2.24) is 0 Å². The summed E-state index contributed by atoms with van der Waals surface area (Å²) in [5, 5.41) is 0. The normalized spacial score (nSPS) is 2.43. The Labute approximate surface area is 105 Å². The van der Waals surface area contributed by atoms with E-state index in [-0.39, 0.29) is 83.0 Å². The van der Waals surface area contributed by atoms with Gasteiger partial charge in [0.25, 0.3) is 0 Å². The summed E-state index contributed by atoms with van der Waals surface area (Å²) in [4.78, 5) is 8.94. The number of rotatable bonds is 0. The second kappa shape index (κ2) is 24.1. The average molecular weight is 305 g/mol. The largest absolute Gasteiger partial charge is 0.406 e. The summed E-state index contributed by atoms with van der Waals surface area (Å²) in [6, 6.07) is 0. The maximum absolute atomic E-state index is 8.94. The Balaban J connectivity index is -0.0000000150. The minimum Gasteiger partial charge on any atom is -0.406 e. The predicted molar refractivity (Wildman–Crippen MR) is 20.4 cm³/mol. The second-order valence-electron chi connectivity index (χ2n) is 0.352. The molecule has 0 spiro atoms. The molecule has 0 aromatic carbocycles. The van der Waals surface area contributed by atoms with E-state index in [9.17, 15) is 0 Å². The van der Waals surface area contributed by atoms with Gasteiger partial charge in [-0.3, -0.25) is 4.79 Å². The molecule has 4 heteroatoms. The van der Waals surface area contributed by atoms with E-state index in [1.807, 2.05) is 0 Å². The van der Waals surface area contributed by atoms with Crippen molar-refractivity contribution in [2.24, 2.45) is 0 Å². The van der Waals surface area contributed by atoms with Gasteiger partial charge in [0.05, 0.1) is 0 Å². The Kier molecular flexibility index (Phi) is 78.8. The molecule has 0 aliphatic heterocycles. The summed E-state index contributed by atoms with van der Waals surface area (Å²) in [6.07, 6.45) is 2.12. The molecular weight excluding hydrogens is 302 g/mol. The molecule has 0 heterocycles. The Morgan fingerprint density at radius 3 is 1.57 bits per heavy atom. The van der Waals surface area contributed by atoms with Gasteiger partial charge in [-0.1, -0.05) is 5.94 Å². The molecule has 32 valence electrons. The molecule has 0 aromatic heterocycles. The zero-order valence-electron chi connectivity index (χ0n) is 4.06. The molecule has 6 radical (unpaired) electrons. The van der Waals surface area contributed by atoms with Crippen LogP contribution >= 0.6 is 0 Å². The van der Waals surface area contributed by atoms with Gasteiger partial charge in [0.1, 0.15) is 0 Å². The quantitative estimate of drug-likeness (QED) is 0.344. The van der Waals surface area contributed by atoms with E-state index in [0.717, 1.165) is 0 Å². The third-order valence-corrected chi connectivity index (χ3v) is 0.102. The number of carbonyl (C=O) groups excluding carboxylic acids is 1. The maximum Gasteiger partial charge on any atom is 0 e. The number of allylic oxidation sites excluding steroid dienone is 1. The zero-order valence-corrected chi connectivity index (χ0v) is 11.8. The maximum atomic E-state index is 8.94. The van der Waals surface area contributed by atoms with Gasteiger partial charge >= 0.3 is 0 Å². The average Bonchev–Trinajstić information content (AvgIpc) is 1.37. The van der Waals surface area contributed by atoms with Crippen LogP contribution in [0, 0.1) is 6.08 Å². The van der Waals surface area contributed by atoms with E-state index in [0.29, 0.717) is 0 Å². The van der Waals surface area contributed by atoms with Crippen LogP contribution in [0.1, 0.15) is 6.92 Å². The van der Waals surface area contributed by atoms with Gasteiger partial charge in [-0.25, -0.2) is 0 Å². The third kappa shape index (κ3) is 30.8. The first-order valence-corrected chi connectivity index (χ1v) is 0.954. The fourth-order valence-corrected chi connectivity index (χ4v) is 0. The monoisotopic (exact) mass is 307 g/mol. The van der Waals surface area contributed by atoms with Gasteiger partial charge in [-0.15, -0.1) is 0 Å².